The predicted octanol–water partition coefficient (Wildman–Crippen LogP) is 3.96. The Balaban J connectivity index is 1.43. The highest BCUT2D eigenvalue weighted by atomic mass is 32.1. The number of rotatable bonds is 6. The first-order valence-electron chi connectivity index (χ1n) is 9.70. The van der Waals surface area contributed by atoms with Crippen molar-refractivity contribution in [1.82, 2.24) is 15.5 Å². The second-order valence-electron chi connectivity index (χ2n) is 7.35. The Morgan fingerprint density at radius 2 is 2.07 bits per heavy atom. The molecule has 3 rings (SSSR count). The van der Waals surface area contributed by atoms with E-state index in [4.69, 9.17) is 0 Å². The predicted molar refractivity (Wildman–Crippen MR) is 112 cm³/mol. The zero-order valence-corrected chi connectivity index (χ0v) is 17.2. The van der Waals surface area contributed by atoms with Gasteiger partial charge in [0.2, 0.25) is 0 Å². The Kier molecular flexibility index (Phi) is 7.39. The average molecular weight is 407 g/mol. The van der Waals surface area contributed by atoms with Gasteiger partial charge in [0.05, 0.1) is 0 Å². The molecule has 1 fully saturated rings. The molecule has 1 saturated heterocycles. The number of likely N-dealkylation sites (tertiary alicyclic amines) is 1. The molecule has 1 aromatic carbocycles. The summed E-state index contributed by atoms with van der Waals surface area (Å²) in [5.41, 5.74) is 1.89. The van der Waals surface area contributed by atoms with Crippen molar-refractivity contribution in [1.29, 1.82) is 0 Å². The third kappa shape index (κ3) is 5.75. The standard InChI is InChI=1S/C21H28F2N4S/c1-15(19-4-3-17(22)11-20(19)23)12-25-21(24-2)26-18-5-8-27(9-6-18)13-16-7-10-28-14-16/h3-4,7,10-11,14-15,18H,5-6,8-9,12-13H2,1-2H3,(H2,24,25,26). The topological polar surface area (TPSA) is 39.7 Å². The molecule has 28 heavy (non-hydrogen) atoms. The lowest BCUT2D eigenvalue weighted by molar-refractivity contribution is 0.198. The Hall–Kier alpha value is -1.99. The van der Waals surface area contributed by atoms with E-state index in [0.29, 0.717) is 18.2 Å². The van der Waals surface area contributed by atoms with Crippen molar-refractivity contribution >= 4 is 17.3 Å². The van der Waals surface area contributed by atoms with Gasteiger partial charge in [0.15, 0.2) is 5.96 Å². The van der Waals surface area contributed by atoms with Crippen LogP contribution >= 0.6 is 11.3 Å². The number of aliphatic imine (C=N–C) groups is 1. The van der Waals surface area contributed by atoms with Gasteiger partial charge in [-0.25, -0.2) is 8.78 Å². The minimum atomic E-state index is -0.552. The molecule has 1 aliphatic heterocycles. The number of halogens is 2. The molecule has 0 aliphatic carbocycles. The Labute approximate surface area is 169 Å². The van der Waals surface area contributed by atoms with Crippen LogP contribution in [0.3, 0.4) is 0 Å². The van der Waals surface area contributed by atoms with Crippen molar-refractivity contribution in [3.63, 3.8) is 0 Å². The minimum absolute atomic E-state index is 0.0911. The first-order chi connectivity index (χ1) is 13.5. The summed E-state index contributed by atoms with van der Waals surface area (Å²) in [5, 5.41) is 11.1. The van der Waals surface area contributed by atoms with Gasteiger partial charge >= 0.3 is 0 Å². The minimum Gasteiger partial charge on any atom is -0.356 e. The number of benzene rings is 1. The second-order valence-corrected chi connectivity index (χ2v) is 8.13. The van der Waals surface area contributed by atoms with Gasteiger partial charge < -0.3 is 10.6 Å². The number of nitrogens with one attached hydrogen (secondary N) is 2. The van der Waals surface area contributed by atoms with E-state index in [9.17, 15) is 8.78 Å². The summed E-state index contributed by atoms with van der Waals surface area (Å²) >= 11 is 1.74. The largest absolute Gasteiger partial charge is 0.356 e. The Morgan fingerprint density at radius 1 is 1.29 bits per heavy atom. The van der Waals surface area contributed by atoms with Crippen molar-refractivity contribution in [3.05, 3.63) is 57.8 Å². The summed E-state index contributed by atoms with van der Waals surface area (Å²) in [5.74, 6) is -0.420. The summed E-state index contributed by atoms with van der Waals surface area (Å²) in [6, 6.07) is 6.31. The molecule has 1 atom stereocenters. The van der Waals surface area contributed by atoms with Crippen LogP contribution in [-0.2, 0) is 6.54 Å². The summed E-state index contributed by atoms with van der Waals surface area (Å²) < 4.78 is 27.0. The second kappa shape index (κ2) is 9.98. The highest BCUT2D eigenvalue weighted by molar-refractivity contribution is 7.07. The number of thiophene rings is 1. The molecule has 2 aromatic rings. The van der Waals surface area contributed by atoms with Gasteiger partial charge in [0, 0.05) is 51.3 Å². The van der Waals surface area contributed by atoms with E-state index in [1.807, 2.05) is 6.92 Å². The van der Waals surface area contributed by atoms with E-state index in [1.54, 1.807) is 18.4 Å². The lowest BCUT2D eigenvalue weighted by Gasteiger charge is -2.33. The molecule has 7 heteroatoms. The molecule has 1 unspecified atom stereocenters. The van der Waals surface area contributed by atoms with Crippen LogP contribution in [0, 0.1) is 11.6 Å². The fourth-order valence-corrected chi connectivity index (χ4v) is 4.18. The lowest BCUT2D eigenvalue weighted by atomic mass is 10.0. The molecule has 152 valence electrons. The molecule has 0 spiro atoms. The van der Waals surface area contributed by atoms with Gasteiger partial charge in [-0.2, -0.15) is 11.3 Å². The molecule has 0 amide bonds. The molecule has 4 nitrogen and oxygen atoms in total. The maximum Gasteiger partial charge on any atom is 0.191 e. The first-order valence-corrected chi connectivity index (χ1v) is 10.6. The zero-order valence-electron chi connectivity index (χ0n) is 16.4. The van der Waals surface area contributed by atoms with Crippen molar-refractivity contribution in [2.24, 2.45) is 4.99 Å². The maximum absolute atomic E-state index is 13.9. The van der Waals surface area contributed by atoms with Crippen LogP contribution in [0.15, 0.2) is 40.0 Å². The molecular weight excluding hydrogens is 378 g/mol. The van der Waals surface area contributed by atoms with Crippen LogP contribution in [0.5, 0.6) is 0 Å². The molecule has 1 aromatic heterocycles. The van der Waals surface area contributed by atoms with Crippen LogP contribution in [0.25, 0.3) is 0 Å². The summed E-state index contributed by atoms with van der Waals surface area (Å²) in [6.45, 7) is 5.58. The van der Waals surface area contributed by atoms with Crippen LogP contribution in [-0.4, -0.2) is 43.6 Å². The lowest BCUT2D eigenvalue weighted by Crippen LogP contribution is -2.49. The van der Waals surface area contributed by atoms with Crippen LogP contribution in [0.1, 0.15) is 36.8 Å². The van der Waals surface area contributed by atoms with Crippen molar-refractivity contribution < 1.29 is 8.78 Å². The van der Waals surface area contributed by atoms with Gasteiger partial charge in [0.1, 0.15) is 11.6 Å². The monoisotopic (exact) mass is 406 g/mol. The van der Waals surface area contributed by atoms with Crippen LogP contribution < -0.4 is 10.6 Å². The molecular formula is C21H28F2N4S. The number of hydrogen-bond donors (Lipinski definition) is 2. The summed E-state index contributed by atoms with van der Waals surface area (Å²) in [7, 11) is 1.74. The van der Waals surface area contributed by atoms with Crippen molar-refractivity contribution in [3.8, 4) is 0 Å². The van der Waals surface area contributed by atoms with E-state index in [-0.39, 0.29) is 5.92 Å². The summed E-state index contributed by atoms with van der Waals surface area (Å²) in [6.07, 6.45) is 2.12. The molecule has 1 aliphatic rings. The number of nitrogens with zero attached hydrogens (tertiary/aromatic N) is 2. The Bertz CT molecular complexity index is 771. The molecule has 0 radical (unpaired) electrons. The quantitative estimate of drug-likeness (QED) is 0.564. The van der Waals surface area contributed by atoms with Crippen LogP contribution in [0.2, 0.25) is 0 Å². The molecule has 2 N–H and O–H groups in total. The van der Waals surface area contributed by atoms with Crippen LogP contribution in [0.4, 0.5) is 8.78 Å². The van der Waals surface area contributed by atoms with Crippen molar-refractivity contribution in [2.75, 3.05) is 26.7 Å². The van der Waals surface area contributed by atoms with Gasteiger partial charge in [-0.1, -0.05) is 13.0 Å². The molecule has 0 bridgehead atoms. The van der Waals surface area contributed by atoms with E-state index >= 15 is 0 Å². The SMILES string of the molecule is CN=C(NCC(C)c1ccc(F)cc1F)NC1CCN(Cc2ccsc2)CC1. The third-order valence-electron chi connectivity index (χ3n) is 5.21. The zero-order chi connectivity index (χ0) is 19.9. The van der Waals surface area contributed by atoms with Crippen molar-refractivity contribution in [2.45, 2.75) is 38.3 Å². The highest BCUT2D eigenvalue weighted by Gasteiger charge is 2.20. The third-order valence-corrected chi connectivity index (χ3v) is 5.94. The number of piperidine rings is 1. The smallest absolute Gasteiger partial charge is 0.191 e. The first kappa shape index (κ1) is 20.7. The van der Waals surface area contributed by atoms with E-state index in [2.05, 4.69) is 37.4 Å². The normalized spacial score (nSPS) is 17.5. The highest BCUT2D eigenvalue weighted by Crippen LogP contribution is 2.19. The van der Waals surface area contributed by atoms with Gasteiger partial charge in [0.25, 0.3) is 0 Å². The fraction of sp³-hybridized carbons (Fsp3) is 0.476. The molecule has 2 heterocycles. The number of hydrogen-bond acceptors (Lipinski definition) is 3. The van der Waals surface area contributed by atoms with Gasteiger partial charge in [-0.05, 0) is 46.9 Å². The van der Waals surface area contributed by atoms with Gasteiger partial charge in [-0.15, -0.1) is 0 Å². The average Bonchev–Trinajstić information content (AvgIpc) is 3.19. The van der Waals surface area contributed by atoms with Gasteiger partial charge in [-0.3, -0.25) is 9.89 Å². The van der Waals surface area contributed by atoms with E-state index < -0.39 is 11.6 Å². The van der Waals surface area contributed by atoms with E-state index in [0.717, 1.165) is 44.5 Å². The Morgan fingerprint density at radius 3 is 2.71 bits per heavy atom. The fourth-order valence-electron chi connectivity index (χ4n) is 3.53. The maximum atomic E-state index is 13.9. The summed E-state index contributed by atoms with van der Waals surface area (Å²) in [4.78, 5) is 6.77. The van der Waals surface area contributed by atoms with E-state index in [1.165, 1.54) is 17.7 Å². The molecule has 0 saturated carbocycles. The number of guanidine groups is 1.